The first-order valence-electron chi connectivity index (χ1n) is 10.1. The Kier molecular flexibility index (Phi) is 3.82. The zero-order chi connectivity index (χ0) is 19.9. The number of hydrogen-bond acceptors (Lipinski definition) is 2. The molecule has 1 aliphatic rings. The van der Waals surface area contributed by atoms with Crippen LogP contribution in [0, 0.1) is 0 Å². The summed E-state index contributed by atoms with van der Waals surface area (Å²) in [6, 6.07) is 35.9. The van der Waals surface area contributed by atoms with Gasteiger partial charge in [0.15, 0.2) is 0 Å². The van der Waals surface area contributed by atoms with Gasteiger partial charge in [0.1, 0.15) is 5.71 Å². The molecule has 6 rings (SSSR count). The second kappa shape index (κ2) is 6.78. The summed E-state index contributed by atoms with van der Waals surface area (Å²) in [5, 5.41) is 14.1. The molecular formula is C28H18N2. The third-order valence-electron chi connectivity index (χ3n) is 5.81. The Morgan fingerprint density at radius 1 is 0.500 bits per heavy atom. The first-order valence-corrected chi connectivity index (χ1v) is 10.1. The van der Waals surface area contributed by atoms with Crippen LogP contribution in [-0.2, 0) is 0 Å². The molecule has 0 radical (unpaired) electrons. The van der Waals surface area contributed by atoms with Crippen LogP contribution in [-0.4, -0.2) is 11.9 Å². The molecule has 0 fully saturated rings. The maximum absolute atomic E-state index is 4.70. The number of nitrogens with zero attached hydrogens (tertiary/aromatic N) is 2. The molecule has 0 saturated carbocycles. The highest BCUT2D eigenvalue weighted by molar-refractivity contribution is 6.24. The van der Waals surface area contributed by atoms with E-state index in [4.69, 9.17) is 5.10 Å². The molecule has 0 aliphatic heterocycles. The molecule has 0 spiro atoms. The van der Waals surface area contributed by atoms with Crippen molar-refractivity contribution in [2.45, 2.75) is 0 Å². The lowest BCUT2D eigenvalue weighted by Gasteiger charge is -2.07. The van der Waals surface area contributed by atoms with Gasteiger partial charge in [-0.2, -0.15) is 5.10 Å². The number of benzene rings is 5. The lowest BCUT2D eigenvalue weighted by molar-refractivity contribution is 1.25. The van der Waals surface area contributed by atoms with E-state index in [0.29, 0.717) is 0 Å². The van der Waals surface area contributed by atoms with Crippen molar-refractivity contribution in [2.24, 2.45) is 10.2 Å². The zero-order valence-electron chi connectivity index (χ0n) is 16.3. The largest absolute Gasteiger partial charge is 0.158 e. The minimum Gasteiger partial charge on any atom is -0.158 e. The van der Waals surface area contributed by atoms with Gasteiger partial charge in [0.25, 0.3) is 0 Å². The Morgan fingerprint density at radius 2 is 0.967 bits per heavy atom. The second-order valence-electron chi connectivity index (χ2n) is 7.52. The summed E-state index contributed by atoms with van der Waals surface area (Å²) in [5.41, 5.74) is 6.75. The summed E-state index contributed by atoms with van der Waals surface area (Å²) in [6.45, 7) is 0. The van der Waals surface area contributed by atoms with Crippen LogP contribution in [0.1, 0.15) is 16.7 Å². The summed E-state index contributed by atoms with van der Waals surface area (Å²) in [4.78, 5) is 0. The van der Waals surface area contributed by atoms with Gasteiger partial charge in [-0.3, -0.25) is 0 Å². The lowest BCUT2D eigenvalue weighted by Crippen LogP contribution is -1.97. The molecule has 2 heteroatoms. The van der Waals surface area contributed by atoms with Crippen LogP contribution in [0.5, 0.6) is 0 Å². The Hall–Kier alpha value is -4.04. The molecule has 2 nitrogen and oxygen atoms in total. The van der Waals surface area contributed by atoms with E-state index in [9.17, 15) is 0 Å². The monoisotopic (exact) mass is 382 g/mol. The second-order valence-corrected chi connectivity index (χ2v) is 7.52. The van der Waals surface area contributed by atoms with E-state index >= 15 is 0 Å². The highest BCUT2D eigenvalue weighted by atomic mass is 15.2. The molecule has 0 amide bonds. The third kappa shape index (κ3) is 2.58. The normalized spacial score (nSPS) is 12.5. The van der Waals surface area contributed by atoms with Gasteiger partial charge in [0.05, 0.1) is 6.21 Å². The molecule has 5 aromatic carbocycles. The summed E-state index contributed by atoms with van der Waals surface area (Å²) >= 11 is 0. The zero-order valence-corrected chi connectivity index (χ0v) is 16.3. The van der Waals surface area contributed by atoms with Gasteiger partial charge in [0.2, 0.25) is 0 Å². The molecule has 0 heterocycles. The molecule has 30 heavy (non-hydrogen) atoms. The van der Waals surface area contributed by atoms with Gasteiger partial charge in [-0.1, -0.05) is 97.1 Å². The number of hydrogen-bond donors (Lipinski definition) is 0. The number of fused-ring (bicyclic) bond motifs is 5. The van der Waals surface area contributed by atoms with Crippen LogP contribution in [0.15, 0.2) is 113 Å². The van der Waals surface area contributed by atoms with Crippen molar-refractivity contribution in [3.05, 3.63) is 120 Å². The molecule has 0 aromatic heterocycles. The molecular weight excluding hydrogens is 364 g/mol. The van der Waals surface area contributed by atoms with Crippen molar-refractivity contribution >= 4 is 33.5 Å². The summed E-state index contributed by atoms with van der Waals surface area (Å²) < 4.78 is 0. The molecule has 0 unspecified atom stereocenters. The Bertz CT molecular complexity index is 1390. The van der Waals surface area contributed by atoms with Gasteiger partial charge < -0.3 is 0 Å². The van der Waals surface area contributed by atoms with Gasteiger partial charge >= 0.3 is 0 Å². The quantitative estimate of drug-likeness (QED) is 0.178. The lowest BCUT2D eigenvalue weighted by atomic mass is 9.97. The van der Waals surface area contributed by atoms with Crippen molar-refractivity contribution < 1.29 is 0 Å². The average molecular weight is 382 g/mol. The average Bonchev–Trinajstić information content (AvgIpc) is 3.12. The predicted molar refractivity (Wildman–Crippen MR) is 127 cm³/mol. The Morgan fingerprint density at radius 3 is 1.53 bits per heavy atom. The molecule has 0 atom stereocenters. The molecule has 1 aliphatic carbocycles. The summed E-state index contributed by atoms with van der Waals surface area (Å²) in [6.07, 6.45) is 1.90. The first-order chi connectivity index (χ1) is 14.9. The van der Waals surface area contributed by atoms with Crippen LogP contribution in [0.3, 0.4) is 0 Å². The summed E-state index contributed by atoms with van der Waals surface area (Å²) in [7, 11) is 0. The van der Waals surface area contributed by atoms with Crippen molar-refractivity contribution in [1.29, 1.82) is 0 Å². The van der Waals surface area contributed by atoms with Crippen LogP contribution in [0.25, 0.3) is 32.7 Å². The Balaban J connectivity index is 1.53. The fourth-order valence-electron chi connectivity index (χ4n) is 4.43. The first kappa shape index (κ1) is 16.9. The van der Waals surface area contributed by atoms with Crippen molar-refractivity contribution in [1.82, 2.24) is 0 Å². The van der Waals surface area contributed by atoms with Crippen LogP contribution in [0.4, 0.5) is 0 Å². The van der Waals surface area contributed by atoms with E-state index in [1.807, 2.05) is 6.21 Å². The maximum atomic E-state index is 4.70. The van der Waals surface area contributed by atoms with Crippen LogP contribution >= 0.6 is 0 Å². The molecule has 0 N–H and O–H groups in total. The van der Waals surface area contributed by atoms with Crippen LogP contribution in [0.2, 0.25) is 0 Å². The number of rotatable bonds is 2. The minimum absolute atomic E-state index is 0.932. The topological polar surface area (TPSA) is 24.7 Å². The molecule has 0 bridgehead atoms. The van der Waals surface area contributed by atoms with E-state index < -0.39 is 0 Å². The predicted octanol–water partition coefficient (Wildman–Crippen LogP) is 6.84. The van der Waals surface area contributed by atoms with E-state index in [1.54, 1.807) is 0 Å². The SMILES string of the molecule is C(=N/N=C1c2ccccc2-c2ccccc21)/c1c2ccccc2cc2ccccc12. The fourth-order valence-corrected chi connectivity index (χ4v) is 4.43. The van der Waals surface area contributed by atoms with Crippen molar-refractivity contribution in [2.75, 3.05) is 0 Å². The highest BCUT2D eigenvalue weighted by Gasteiger charge is 2.23. The summed E-state index contributed by atoms with van der Waals surface area (Å²) in [5.74, 6) is 0. The molecule has 0 saturated heterocycles. The van der Waals surface area contributed by atoms with Gasteiger partial charge in [-0.25, -0.2) is 0 Å². The molecule has 5 aromatic rings. The third-order valence-corrected chi connectivity index (χ3v) is 5.81. The standard InChI is InChI=1S/C28H18N2/c1-3-11-21-19(9-1)17-20-10-2-4-12-22(20)27(21)18-29-30-28-25-15-7-5-13-23(25)24-14-6-8-16-26(24)28/h1-18H/b29-18-. The van der Waals surface area contributed by atoms with Crippen molar-refractivity contribution in [3.63, 3.8) is 0 Å². The smallest absolute Gasteiger partial charge is 0.101 e. The van der Waals surface area contributed by atoms with E-state index in [0.717, 1.165) is 22.4 Å². The van der Waals surface area contributed by atoms with Gasteiger partial charge in [0, 0.05) is 16.7 Å². The fraction of sp³-hybridized carbons (Fsp3) is 0. The van der Waals surface area contributed by atoms with Crippen molar-refractivity contribution in [3.8, 4) is 11.1 Å². The highest BCUT2D eigenvalue weighted by Crippen LogP contribution is 2.36. The maximum Gasteiger partial charge on any atom is 0.101 e. The van der Waals surface area contributed by atoms with E-state index in [1.165, 1.54) is 32.7 Å². The van der Waals surface area contributed by atoms with E-state index in [-0.39, 0.29) is 0 Å². The van der Waals surface area contributed by atoms with Gasteiger partial charge in [-0.05, 0) is 38.7 Å². The Labute approximate surface area is 174 Å². The molecule has 140 valence electrons. The minimum atomic E-state index is 0.932. The van der Waals surface area contributed by atoms with Gasteiger partial charge in [-0.15, -0.1) is 5.10 Å². The van der Waals surface area contributed by atoms with Crippen LogP contribution < -0.4 is 0 Å². The van der Waals surface area contributed by atoms with E-state index in [2.05, 4.69) is 108 Å².